The van der Waals surface area contributed by atoms with E-state index in [0.717, 1.165) is 25.3 Å². The van der Waals surface area contributed by atoms with Gasteiger partial charge in [-0.25, -0.2) is 8.42 Å². The van der Waals surface area contributed by atoms with Gasteiger partial charge in [0.15, 0.2) is 9.84 Å². The van der Waals surface area contributed by atoms with E-state index in [1.807, 2.05) is 19.9 Å². The highest BCUT2D eigenvalue weighted by Gasteiger charge is 2.35. The van der Waals surface area contributed by atoms with Gasteiger partial charge in [0.2, 0.25) is 0 Å². The second-order valence-electron chi connectivity index (χ2n) is 8.54. The maximum absolute atomic E-state index is 13.7. The van der Waals surface area contributed by atoms with Crippen molar-refractivity contribution < 1.29 is 21.6 Å². The molecule has 0 spiro atoms. The van der Waals surface area contributed by atoms with Crippen LogP contribution in [-0.4, -0.2) is 18.2 Å². The molecule has 0 aliphatic heterocycles. The van der Waals surface area contributed by atoms with Gasteiger partial charge in [-0.15, -0.1) is 0 Å². The molecule has 0 unspecified atom stereocenters. The van der Waals surface area contributed by atoms with E-state index in [2.05, 4.69) is 0 Å². The molecular weight excluding hydrogens is 437 g/mol. The minimum Gasteiger partial charge on any atom is -0.317 e. The first-order valence-corrected chi connectivity index (χ1v) is 12.3. The topological polar surface area (TPSA) is 62.9 Å². The second kappa shape index (κ2) is 9.14. The Morgan fingerprint density at radius 1 is 1.19 bits per heavy atom. The minimum absolute atomic E-state index is 0.0190. The highest BCUT2D eigenvalue weighted by molar-refractivity contribution is 7.96. The molecule has 0 bridgehead atoms. The van der Waals surface area contributed by atoms with Gasteiger partial charge in [0.05, 0.1) is 16.5 Å². The van der Waals surface area contributed by atoms with Crippen LogP contribution in [0.25, 0.3) is 11.8 Å². The third kappa shape index (κ3) is 4.63. The number of benzene rings is 1. The summed E-state index contributed by atoms with van der Waals surface area (Å²) >= 11 is 0. The SMILES string of the molecule is Cc1c(/C=C(\C#N)S(=O)(=O)C2CCCCC2)cc(C(C)C)n1-c1ccccc1C(F)(F)F. The molecule has 4 nitrogen and oxygen atoms in total. The van der Waals surface area contributed by atoms with Crippen LogP contribution >= 0.6 is 0 Å². The Hall–Kier alpha value is -2.53. The third-order valence-corrected chi connectivity index (χ3v) is 8.22. The number of rotatable bonds is 5. The highest BCUT2D eigenvalue weighted by Crippen LogP contribution is 2.37. The van der Waals surface area contributed by atoms with Gasteiger partial charge in [0.25, 0.3) is 0 Å². The number of sulfone groups is 1. The number of nitriles is 1. The lowest BCUT2D eigenvalue weighted by molar-refractivity contribution is -0.137. The zero-order valence-electron chi connectivity index (χ0n) is 18.4. The number of nitrogens with zero attached hydrogens (tertiary/aromatic N) is 2. The van der Waals surface area contributed by atoms with Crippen molar-refractivity contribution in [1.29, 1.82) is 5.26 Å². The first-order chi connectivity index (χ1) is 15.0. The molecule has 32 heavy (non-hydrogen) atoms. The minimum atomic E-state index is -4.54. The molecule has 1 aliphatic carbocycles. The van der Waals surface area contributed by atoms with Crippen molar-refractivity contribution in [1.82, 2.24) is 4.57 Å². The van der Waals surface area contributed by atoms with Crippen molar-refractivity contribution in [3.8, 4) is 11.8 Å². The van der Waals surface area contributed by atoms with Gasteiger partial charge in [-0.3, -0.25) is 0 Å². The summed E-state index contributed by atoms with van der Waals surface area (Å²) in [7, 11) is -3.80. The Labute approximate surface area is 187 Å². The van der Waals surface area contributed by atoms with Gasteiger partial charge in [-0.2, -0.15) is 18.4 Å². The van der Waals surface area contributed by atoms with Crippen LogP contribution in [0.15, 0.2) is 35.2 Å². The molecule has 172 valence electrons. The van der Waals surface area contributed by atoms with E-state index >= 15 is 0 Å². The zero-order chi connectivity index (χ0) is 23.7. The summed E-state index contributed by atoms with van der Waals surface area (Å²) in [5.74, 6) is -0.127. The van der Waals surface area contributed by atoms with E-state index in [9.17, 15) is 26.9 Å². The van der Waals surface area contributed by atoms with Crippen LogP contribution in [0.2, 0.25) is 0 Å². The van der Waals surface area contributed by atoms with Crippen LogP contribution < -0.4 is 0 Å². The first kappa shape index (κ1) is 24.1. The Bertz CT molecular complexity index is 1160. The largest absolute Gasteiger partial charge is 0.418 e. The Morgan fingerprint density at radius 3 is 2.38 bits per heavy atom. The van der Waals surface area contributed by atoms with Crippen LogP contribution in [0.4, 0.5) is 13.2 Å². The molecule has 1 saturated carbocycles. The summed E-state index contributed by atoms with van der Waals surface area (Å²) in [6.07, 6.45) is 0.427. The molecular formula is C24H27F3N2O2S. The van der Waals surface area contributed by atoms with E-state index in [1.54, 1.807) is 13.0 Å². The molecule has 0 saturated heterocycles. The van der Waals surface area contributed by atoms with E-state index < -0.39 is 26.8 Å². The summed E-state index contributed by atoms with van der Waals surface area (Å²) < 4.78 is 68.7. The second-order valence-corrected chi connectivity index (χ2v) is 10.7. The number of para-hydroxylation sites is 1. The van der Waals surface area contributed by atoms with Crippen molar-refractivity contribution in [3.05, 3.63) is 57.8 Å². The number of aromatic nitrogens is 1. The number of alkyl halides is 3. The molecule has 8 heteroatoms. The molecule has 0 radical (unpaired) electrons. The molecule has 0 atom stereocenters. The zero-order valence-corrected chi connectivity index (χ0v) is 19.2. The van der Waals surface area contributed by atoms with Crippen LogP contribution in [0.3, 0.4) is 0 Å². The van der Waals surface area contributed by atoms with Crippen molar-refractivity contribution >= 4 is 15.9 Å². The van der Waals surface area contributed by atoms with Crippen molar-refractivity contribution in [2.45, 2.75) is 70.2 Å². The monoisotopic (exact) mass is 464 g/mol. The van der Waals surface area contributed by atoms with E-state index in [0.29, 0.717) is 29.8 Å². The molecule has 1 aromatic heterocycles. The lowest BCUT2D eigenvalue weighted by Crippen LogP contribution is -2.24. The highest BCUT2D eigenvalue weighted by atomic mass is 32.2. The third-order valence-electron chi connectivity index (χ3n) is 6.05. The maximum atomic E-state index is 13.7. The summed E-state index contributed by atoms with van der Waals surface area (Å²) in [5, 5.41) is 9.06. The van der Waals surface area contributed by atoms with Gasteiger partial charge in [0.1, 0.15) is 11.0 Å². The predicted molar refractivity (Wildman–Crippen MR) is 119 cm³/mol. The van der Waals surface area contributed by atoms with Crippen LogP contribution in [0, 0.1) is 18.3 Å². The summed E-state index contributed by atoms with van der Waals surface area (Å²) in [5.41, 5.74) is 0.706. The van der Waals surface area contributed by atoms with Gasteiger partial charge in [-0.05, 0) is 55.5 Å². The molecule has 1 aromatic carbocycles. The molecule has 1 heterocycles. The molecule has 0 N–H and O–H groups in total. The number of allylic oxidation sites excluding steroid dienone is 1. The van der Waals surface area contributed by atoms with E-state index in [1.165, 1.54) is 28.8 Å². The number of halogens is 3. The maximum Gasteiger partial charge on any atom is 0.418 e. The van der Waals surface area contributed by atoms with Gasteiger partial charge in [0, 0.05) is 11.4 Å². The lowest BCUT2D eigenvalue weighted by atomic mass is 10.0. The molecule has 1 fully saturated rings. The molecule has 2 aromatic rings. The van der Waals surface area contributed by atoms with Crippen LogP contribution in [0.5, 0.6) is 0 Å². The number of hydrogen-bond acceptors (Lipinski definition) is 3. The van der Waals surface area contributed by atoms with Gasteiger partial charge < -0.3 is 4.57 Å². The fourth-order valence-corrected chi connectivity index (χ4v) is 6.06. The van der Waals surface area contributed by atoms with E-state index in [-0.39, 0.29) is 16.5 Å². The predicted octanol–water partition coefficient (Wildman–Crippen LogP) is 6.54. The summed E-state index contributed by atoms with van der Waals surface area (Å²) in [6, 6.07) is 8.82. The molecule has 0 amide bonds. The van der Waals surface area contributed by atoms with Gasteiger partial charge >= 0.3 is 6.18 Å². The van der Waals surface area contributed by atoms with Gasteiger partial charge in [-0.1, -0.05) is 45.2 Å². The smallest absolute Gasteiger partial charge is 0.317 e. The Balaban J connectivity index is 2.18. The fourth-order valence-electron chi connectivity index (χ4n) is 4.32. The van der Waals surface area contributed by atoms with Crippen molar-refractivity contribution in [3.63, 3.8) is 0 Å². The molecule has 3 rings (SSSR count). The number of hydrogen-bond donors (Lipinski definition) is 0. The van der Waals surface area contributed by atoms with Crippen molar-refractivity contribution in [2.24, 2.45) is 0 Å². The van der Waals surface area contributed by atoms with Crippen molar-refractivity contribution in [2.75, 3.05) is 0 Å². The average molecular weight is 465 g/mol. The summed E-state index contributed by atoms with van der Waals surface area (Å²) in [6.45, 7) is 5.37. The average Bonchev–Trinajstić information content (AvgIpc) is 3.08. The fraction of sp³-hybridized carbons (Fsp3) is 0.458. The summed E-state index contributed by atoms with van der Waals surface area (Å²) in [4.78, 5) is -0.330. The van der Waals surface area contributed by atoms with Crippen LogP contribution in [0.1, 0.15) is 74.4 Å². The Morgan fingerprint density at radius 2 is 1.81 bits per heavy atom. The van der Waals surface area contributed by atoms with E-state index in [4.69, 9.17) is 0 Å². The molecule has 1 aliphatic rings. The standard InChI is InChI=1S/C24H27F3N2O2S/c1-16(2)23-14-18(13-20(15-28)32(30,31)19-9-5-4-6-10-19)17(3)29(23)22-12-8-7-11-21(22)24(25,26)27/h7-8,11-14,16,19H,4-6,9-10H2,1-3H3/b20-13+. The lowest BCUT2D eigenvalue weighted by Gasteiger charge is -2.21. The van der Waals surface area contributed by atoms with Crippen LogP contribution in [-0.2, 0) is 16.0 Å². The quantitative estimate of drug-likeness (QED) is 0.472. The Kier molecular flexibility index (Phi) is 6.89. The first-order valence-electron chi connectivity index (χ1n) is 10.7. The normalized spacial score (nSPS) is 16.4.